The number of aliphatic hydroxyl groups is 7. The maximum atomic E-state index is 11.9. The van der Waals surface area contributed by atoms with E-state index in [2.05, 4.69) is 0 Å². The van der Waals surface area contributed by atoms with Gasteiger partial charge in [0, 0.05) is 55.9 Å². The van der Waals surface area contributed by atoms with Gasteiger partial charge in [-0.3, -0.25) is 19.2 Å². The second-order valence-electron chi connectivity index (χ2n) is 8.45. The summed E-state index contributed by atoms with van der Waals surface area (Å²) >= 11 is 1.17. The van der Waals surface area contributed by atoms with Gasteiger partial charge in [0.05, 0.1) is 30.5 Å². The van der Waals surface area contributed by atoms with E-state index in [1.54, 1.807) is 4.90 Å². The number of aliphatic hydroxyl groups excluding tert-OH is 7. The van der Waals surface area contributed by atoms with E-state index in [-0.39, 0.29) is 37.7 Å². The van der Waals surface area contributed by atoms with Crippen molar-refractivity contribution in [3.8, 4) is 0 Å². The Bertz CT molecular complexity index is 884. The molecular formula is C19H31N3O10S. The van der Waals surface area contributed by atoms with E-state index in [0.29, 0.717) is 0 Å². The topological polar surface area (TPSA) is 209 Å². The highest BCUT2D eigenvalue weighted by atomic mass is 32.2. The molecule has 2 saturated heterocycles. The van der Waals surface area contributed by atoms with Crippen LogP contribution in [0.5, 0.6) is 0 Å². The van der Waals surface area contributed by atoms with Gasteiger partial charge in [-0.1, -0.05) is 0 Å². The SMILES string of the molecule is O=c1ccn([C@@H]2O[C@H](CSC[C@H](O)[C@@H](O)CN3C[C@H](CO)[C@H](O)[C@H](O)C3)[C@@H](O)[C@H]2O)c(=O)[nH]1. The Morgan fingerprint density at radius 1 is 1.09 bits per heavy atom. The Morgan fingerprint density at radius 2 is 1.82 bits per heavy atom. The quantitative estimate of drug-likeness (QED) is 0.163. The third-order valence-electron chi connectivity index (χ3n) is 5.97. The largest absolute Gasteiger partial charge is 0.396 e. The number of thioether (sulfide) groups is 1. The van der Waals surface area contributed by atoms with Crippen molar-refractivity contribution < 1.29 is 40.5 Å². The van der Waals surface area contributed by atoms with Crippen molar-refractivity contribution in [1.82, 2.24) is 14.5 Å². The zero-order valence-electron chi connectivity index (χ0n) is 17.8. The molecule has 0 amide bonds. The van der Waals surface area contributed by atoms with Gasteiger partial charge in [0.2, 0.25) is 0 Å². The molecule has 14 heteroatoms. The average Bonchev–Trinajstić information content (AvgIpc) is 3.04. The zero-order chi connectivity index (χ0) is 24.3. The van der Waals surface area contributed by atoms with Crippen molar-refractivity contribution in [3.05, 3.63) is 33.1 Å². The Morgan fingerprint density at radius 3 is 2.48 bits per heavy atom. The molecule has 9 atom stereocenters. The van der Waals surface area contributed by atoms with Gasteiger partial charge >= 0.3 is 5.69 Å². The predicted octanol–water partition coefficient (Wildman–Crippen LogP) is -4.74. The van der Waals surface area contributed by atoms with Crippen LogP contribution in [0, 0.1) is 5.92 Å². The number of β-amino-alcohol motifs (C(OH)–C–C–N with tert-alkyl or cyclic N) is 2. The molecule has 0 bridgehead atoms. The summed E-state index contributed by atoms with van der Waals surface area (Å²) in [5, 5.41) is 70.2. The Kier molecular flexibility index (Phi) is 9.08. The molecule has 0 aromatic carbocycles. The molecule has 0 spiro atoms. The molecule has 33 heavy (non-hydrogen) atoms. The van der Waals surface area contributed by atoms with Gasteiger partial charge in [0.1, 0.15) is 12.2 Å². The van der Waals surface area contributed by atoms with Gasteiger partial charge in [-0.25, -0.2) is 4.79 Å². The van der Waals surface area contributed by atoms with Crippen LogP contribution in [-0.4, -0.2) is 131 Å². The summed E-state index contributed by atoms with van der Waals surface area (Å²) in [6, 6.07) is 1.09. The number of piperidine rings is 1. The van der Waals surface area contributed by atoms with Crippen LogP contribution >= 0.6 is 11.8 Å². The highest BCUT2D eigenvalue weighted by Gasteiger charge is 2.44. The number of H-pyrrole nitrogens is 1. The lowest BCUT2D eigenvalue weighted by atomic mass is 9.93. The summed E-state index contributed by atoms with van der Waals surface area (Å²) in [5.74, 6) is -0.323. The lowest BCUT2D eigenvalue weighted by Gasteiger charge is -2.39. The van der Waals surface area contributed by atoms with Crippen LogP contribution in [-0.2, 0) is 4.74 Å². The fourth-order valence-electron chi connectivity index (χ4n) is 4.04. The van der Waals surface area contributed by atoms with Crippen LogP contribution < -0.4 is 11.2 Å². The van der Waals surface area contributed by atoms with Crippen molar-refractivity contribution in [2.45, 2.75) is 49.0 Å². The first-order valence-electron chi connectivity index (χ1n) is 10.6. The highest BCUT2D eigenvalue weighted by Crippen LogP contribution is 2.30. The molecule has 0 radical (unpaired) electrons. The lowest BCUT2D eigenvalue weighted by Crippen LogP contribution is -2.55. The molecule has 8 N–H and O–H groups in total. The molecule has 0 aliphatic carbocycles. The van der Waals surface area contributed by atoms with Crippen molar-refractivity contribution in [3.63, 3.8) is 0 Å². The van der Waals surface area contributed by atoms with E-state index < -0.39 is 66.1 Å². The van der Waals surface area contributed by atoms with Gasteiger partial charge < -0.3 is 40.5 Å². The molecule has 1 aromatic rings. The minimum Gasteiger partial charge on any atom is -0.396 e. The third-order valence-corrected chi connectivity index (χ3v) is 7.11. The van der Waals surface area contributed by atoms with Crippen molar-refractivity contribution in [2.24, 2.45) is 5.92 Å². The van der Waals surface area contributed by atoms with E-state index in [1.807, 2.05) is 4.98 Å². The maximum Gasteiger partial charge on any atom is 0.330 e. The summed E-state index contributed by atoms with van der Waals surface area (Å²) in [6.07, 6.45) is -8.02. The standard InChI is InChI=1S/C19H31N3O10S/c23-6-9-3-21(5-11(25)15(9)28)4-10(24)12(26)7-33-8-13-16(29)17(30)18(32-13)22-2-1-14(27)20-19(22)31/h1-2,9-13,15-18,23-26,28-30H,3-8H2,(H,20,27,31)/t9-,10+,11-,12+,13-,15+,16-,17-,18-/m1/s1. The van der Waals surface area contributed by atoms with Crippen molar-refractivity contribution in [2.75, 3.05) is 37.7 Å². The van der Waals surface area contributed by atoms with Crippen LogP contribution in [0.15, 0.2) is 21.9 Å². The summed E-state index contributed by atoms with van der Waals surface area (Å²) in [6.45, 7) is 0.0721. The Balaban J connectivity index is 1.47. The van der Waals surface area contributed by atoms with Crippen molar-refractivity contribution in [1.29, 1.82) is 0 Å². The van der Waals surface area contributed by atoms with E-state index in [4.69, 9.17) is 4.74 Å². The normalized spacial score (nSPS) is 34.9. The first-order valence-corrected chi connectivity index (χ1v) is 11.7. The van der Waals surface area contributed by atoms with E-state index in [1.165, 1.54) is 11.8 Å². The minimum absolute atomic E-state index is 0.0282. The van der Waals surface area contributed by atoms with E-state index >= 15 is 0 Å². The molecule has 2 aliphatic rings. The number of nitrogens with zero attached hydrogens (tertiary/aromatic N) is 2. The molecule has 188 valence electrons. The molecule has 1 aromatic heterocycles. The number of likely N-dealkylation sites (tertiary alicyclic amines) is 1. The molecule has 2 fully saturated rings. The van der Waals surface area contributed by atoms with Gasteiger partial charge in [0.25, 0.3) is 5.56 Å². The van der Waals surface area contributed by atoms with Crippen LogP contribution in [0.3, 0.4) is 0 Å². The second-order valence-corrected chi connectivity index (χ2v) is 9.53. The van der Waals surface area contributed by atoms with Crippen LogP contribution in [0.4, 0.5) is 0 Å². The van der Waals surface area contributed by atoms with E-state index in [0.717, 1.165) is 16.8 Å². The first kappa shape index (κ1) is 26.3. The predicted molar refractivity (Wildman–Crippen MR) is 116 cm³/mol. The number of ether oxygens (including phenoxy) is 1. The Hall–Kier alpha value is -1.33. The smallest absolute Gasteiger partial charge is 0.330 e. The van der Waals surface area contributed by atoms with Gasteiger partial charge in [0.15, 0.2) is 6.23 Å². The molecule has 3 heterocycles. The Labute approximate surface area is 192 Å². The fraction of sp³-hybridized carbons (Fsp3) is 0.789. The highest BCUT2D eigenvalue weighted by molar-refractivity contribution is 7.99. The minimum atomic E-state index is -1.41. The van der Waals surface area contributed by atoms with Crippen molar-refractivity contribution >= 4 is 11.8 Å². The number of hydrogen-bond acceptors (Lipinski definition) is 12. The summed E-state index contributed by atoms with van der Waals surface area (Å²) in [4.78, 5) is 26.8. The molecular weight excluding hydrogens is 462 g/mol. The summed E-state index contributed by atoms with van der Waals surface area (Å²) < 4.78 is 6.57. The average molecular weight is 494 g/mol. The number of rotatable bonds is 9. The molecule has 0 unspecified atom stereocenters. The number of hydrogen-bond donors (Lipinski definition) is 8. The molecule has 2 aliphatic heterocycles. The monoisotopic (exact) mass is 493 g/mol. The third kappa shape index (κ3) is 6.22. The van der Waals surface area contributed by atoms with Crippen LogP contribution in [0.1, 0.15) is 6.23 Å². The second kappa shape index (κ2) is 11.4. The van der Waals surface area contributed by atoms with Crippen LogP contribution in [0.25, 0.3) is 0 Å². The molecule has 3 rings (SSSR count). The number of nitrogens with one attached hydrogen (secondary N) is 1. The fourth-order valence-corrected chi connectivity index (χ4v) is 5.15. The van der Waals surface area contributed by atoms with Gasteiger partial charge in [-0.15, -0.1) is 0 Å². The van der Waals surface area contributed by atoms with Gasteiger partial charge in [-0.05, 0) is 0 Å². The first-order chi connectivity index (χ1) is 15.6. The van der Waals surface area contributed by atoms with Gasteiger partial charge in [-0.2, -0.15) is 11.8 Å². The summed E-state index contributed by atoms with van der Waals surface area (Å²) in [7, 11) is 0. The molecule has 13 nitrogen and oxygen atoms in total. The summed E-state index contributed by atoms with van der Waals surface area (Å²) in [5.41, 5.74) is -1.39. The van der Waals surface area contributed by atoms with Crippen LogP contribution in [0.2, 0.25) is 0 Å². The molecule has 0 saturated carbocycles. The lowest BCUT2D eigenvalue weighted by molar-refractivity contribution is -0.0975. The number of aromatic amines is 1. The maximum absolute atomic E-state index is 11.9. The zero-order valence-corrected chi connectivity index (χ0v) is 18.6. The van der Waals surface area contributed by atoms with E-state index in [9.17, 15) is 45.3 Å². The number of aromatic nitrogens is 2.